The second-order valence-electron chi connectivity index (χ2n) is 7.01. The van der Waals surface area contributed by atoms with Gasteiger partial charge in [0.05, 0.1) is 5.39 Å². The molecule has 0 aliphatic heterocycles. The highest BCUT2D eigenvalue weighted by Gasteiger charge is 2.18. The number of aromatic nitrogens is 2. The number of nitrogens with one attached hydrogen (secondary N) is 2. The Labute approximate surface area is 160 Å². The van der Waals surface area contributed by atoms with Crippen molar-refractivity contribution in [3.8, 4) is 0 Å². The second-order valence-corrected chi connectivity index (χ2v) is 7.01. The minimum atomic E-state index is -1.38. The van der Waals surface area contributed by atoms with Crippen LogP contribution in [0.25, 0.3) is 11.0 Å². The number of hydrogen-bond acceptors (Lipinski definition) is 6. The average molecular weight is 394 g/mol. The van der Waals surface area contributed by atoms with E-state index in [1.165, 1.54) is 10.8 Å². The third kappa shape index (κ3) is 4.96. The van der Waals surface area contributed by atoms with Crippen LogP contribution in [0.4, 0.5) is 15.0 Å². The maximum absolute atomic E-state index is 14.3. The summed E-state index contributed by atoms with van der Waals surface area (Å²) in [6.07, 6.45) is 0.591. The first-order chi connectivity index (χ1) is 13.0. The smallest absolute Gasteiger partial charge is 0.407 e. The Bertz CT molecular complexity index is 965. The Morgan fingerprint density at radius 1 is 1.32 bits per heavy atom. The van der Waals surface area contributed by atoms with Crippen LogP contribution in [0.1, 0.15) is 38.1 Å². The maximum atomic E-state index is 14.3. The van der Waals surface area contributed by atoms with Crippen LogP contribution in [-0.4, -0.2) is 45.4 Å². The number of anilines is 1. The maximum Gasteiger partial charge on any atom is 0.407 e. The number of carbonyl (C=O) groups excluding carboxylic acids is 1. The minimum Gasteiger partial charge on any atom is -0.477 e. The molecule has 9 nitrogen and oxygen atoms in total. The number of halogens is 1. The molecule has 152 valence electrons. The number of amides is 1. The molecule has 0 fully saturated rings. The van der Waals surface area contributed by atoms with E-state index in [1.54, 1.807) is 27.7 Å². The van der Waals surface area contributed by atoms with Crippen LogP contribution in [0, 0.1) is 5.82 Å². The number of rotatable bonds is 6. The molecule has 1 amide bonds. The summed E-state index contributed by atoms with van der Waals surface area (Å²) in [6, 6.07) is 0.965. The molecule has 28 heavy (non-hydrogen) atoms. The highest BCUT2D eigenvalue weighted by atomic mass is 19.1. The third-order valence-electron chi connectivity index (χ3n) is 3.66. The summed E-state index contributed by atoms with van der Waals surface area (Å²) < 4.78 is 20.9. The summed E-state index contributed by atoms with van der Waals surface area (Å²) >= 11 is 0. The predicted molar refractivity (Wildman–Crippen MR) is 101 cm³/mol. The molecular formula is C18H23FN4O5. The molecule has 0 bridgehead atoms. The second kappa shape index (κ2) is 8.24. The van der Waals surface area contributed by atoms with Crippen molar-refractivity contribution in [2.75, 3.05) is 18.4 Å². The Kier molecular flexibility index (Phi) is 6.22. The van der Waals surface area contributed by atoms with Crippen LogP contribution in [0.3, 0.4) is 0 Å². The lowest BCUT2D eigenvalue weighted by molar-refractivity contribution is 0.0529. The van der Waals surface area contributed by atoms with Gasteiger partial charge in [0.2, 0.25) is 5.43 Å². The van der Waals surface area contributed by atoms with Crippen LogP contribution in [-0.2, 0) is 11.3 Å². The number of carboxylic acid groups (broad SMARTS) is 1. The zero-order valence-corrected chi connectivity index (χ0v) is 16.1. The van der Waals surface area contributed by atoms with E-state index >= 15 is 0 Å². The molecule has 0 aliphatic carbocycles. The lowest BCUT2D eigenvalue weighted by Crippen LogP contribution is -2.35. The number of carbonyl (C=O) groups is 2. The zero-order valence-electron chi connectivity index (χ0n) is 16.1. The average Bonchev–Trinajstić information content (AvgIpc) is 2.58. The van der Waals surface area contributed by atoms with E-state index in [9.17, 15) is 18.8 Å². The number of aromatic carboxylic acids is 1. The van der Waals surface area contributed by atoms with Gasteiger partial charge < -0.3 is 25.0 Å². The first-order valence-corrected chi connectivity index (χ1v) is 8.71. The van der Waals surface area contributed by atoms with Gasteiger partial charge in [-0.1, -0.05) is 0 Å². The van der Waals surface area contributed by atoms with Gasteiger partial charge in [-0.3, -0.25) is 4.79 Å². The predicted octanol–water partition coefficient (Wildman–Crippen LogP) is 2.19. The number of hydrogen-bond donors (Lipinski definition) is 3. The lowest BCUT2D eigenvalue weighted by Gasteiger charge is -2.19. The highest BCUT2D eigenvalue weighted by molar-refractivity contribution is 5.92. The molecule has 0 saturated heterocycles. The minimum absolute atomic E-state index is 0.108. The number of pyridine rings is 2. The van der Waals surface area contributed by atoms with Crippen LogP contribution < -0.4 is 16.1 Å². The van der Waals surface area contributed by atoms with Gasteiger partial charge in [0.15, 0.2) is 11.6 Å². The fourth-order valence-electron chi connectivity index (χ4n) is 2.46. The van der Waals surface area contributed by atoms with E-state index in [2.05, 4.69) is 15.6 Å². The molecule has 0 aliphatic rings. The largest absolute Gasteiger partial charge is 0.477 e. The molecule has 0 aromatic carbocycles. The van der Waals surface area contributed by atoms with Gasteiger partial charge in [-0.15, -0.1) is 0 Å². The summed E-state index contributed by atoms with van der Waals surface area (Å²) in [5.41, 5.74) is -1.70. The Balaban J connectivity index is 2.19. The van der Waals surface area contributed by atoms with Gasteiger partial charge in [0.25, 0.3) is 0 Å². The van der Waals surface area contributed by atoms with Crippen LogP contribution >= 0.6 is 0 Å². The van der Waals surface area contributed by atoms with Crippen LogP contribution in [0.5, 0.6) is 0 Å². The molecular weight excluding hydrogens is 371 g/mol. The standard InChI is InChI=1S/C18H23FN4O5/c1-5-23-9-11(16(25)26)13(24)10-8-12(19)14(22-15(10)23)20-6-7-21-17(27)28-18(2,3)4/h8-9H,5-7H2,1-4H3,(H,20,22)(H,21,27)(H,25,26). The van der Waals surface area contributed by atoms with Gasteiger partial charge in [-0.2, -0.15) is 0 Å². The van der Waals surface area contributed by atoms with E-state index in [1.807, 2.05) is 0 Å². The molecule has 2 rings (SSSR count). The molecule has 0 atom stereocenters. The van der Waals surface area contributed by atoms with E-state index in [-0.39, 0.29) is 29.9 Å². The number of alkyl carbamates (subject to hydrolysis) is 1. The number of ether oxygens (including phenoxy) is 1. The number of nitrogens with zero attached hydrogens (tertiary/aromatic N) is 2. The van der Waals surface area contributed by atoms with Crippen molar-refractivity contribution >= 4 is 28.9 Å². The molecule has 2 aromatic rings. The van der Waals surface area contributed by atoms with Crippen molar-refractivity contribution in [3.63, 3.8) is 0 Å². The summed E-state index contributed by atoms with van der Waals surface area (Å²) in [4.78, 5) is 39.2. The zero-order chi connectivity index (χ0) is 21.1. The van der Waals surface area contributed by atoms with Gasteiger partial charge in [-0.25, -0.2) is 19.0 Å². The van der Waals surface area contributed by atoms with Crippen molar-refractivity contribution in [1.82, 2.24) is 14.9 Å². The van der Waals surface area contributed by atoms with Crippen molar-refractivity contribution in [2.45, 2.75) is 39.8 Å². The monoisotopic (exact) mass is 394 g/mol. The molecule has 0 radical (unpaired) electrons. The van der Waals surface area contributed by atoms with Gasteiger partial charge in [0, 0.05) is 25.8 Å². The van der Waals surface area contributed by atoms with Crippen LogP contribution in [0.2, 0.25) is 0 Å². The van der Waals surface area contributed by atoms with Gasteiger partial charge >= 0.3 is 12.1 Å². The van der Waals surface area contributed by atoms with Gasteiger partial charge in [-0.05, 0) is 33.8 Å². The molecule has 2 heterocycles. The topological polar surface area (TPSA) is 123 Å². The Morgan fingerprint density at radius 3 is 2.57 bits per heavy atom. The summed E-state index contributed by atoms with van der Waals surface area (Å²) in [5, 5.41) is 14.3. The quantitative estimate of drug-likeness (QED) is 0.642. The molecule has 3 N–H and O–H groups in total. The Hall–Kier alpha value is -3.17. The molecule has 0 saturated carbocycles. The number of carboxylic acids is 1. The Morgan fingerprint density at radius 2 is 2.00 bits per heavy atom. The molecule has 2 aromatic heterocycles. The number of aryl methyl sites for hydroxylation is 1. The third-order valence-corrected chi connectivity index (χ3v) is 3.66. The highest BCUT2D eigenvalue weighted by Crippen LogP contribution is 2.18. The van der Waals surface area contributed by atoms with Crippen LogP contribution in [0.15, 0.2) is 17.1 Å². The lowest BCUT2D eigenvalue weighted by atomic mass is 10.2. The fourth-order valence-corrected chi connectivity index (χ4v) is 2.46. The summed E-state index contributed by atoms with van der Waals surface area (Å²) in [7, 11) is 0. The van der Waals surface area contributed by atoms with Crippen molar-refractivity contribution in [1.29, 1.82) is 0 Å². The first-order valence-electron chi connectivity index (χ1n) is 8.71. The SMILES string of the molecule is CCn1cc(C(=O)O)c(=O)c2cc(F)c(NCCNC(=O)OC(C)(C)C)nc21. The number of fused-ring (bicyclic) bond motifs is 1. The van der Waals surface area contributed by atoms with E-state index < -0.39 is 34.5 Å². The van der Waals surface area contributed by atoms with Crippen molar-refractivity contribution < 1.29 is 23.8 Å². The van der Waals surface area contributed by atoms with Gasteiger partial charge in [0.1, 0.15) is 16.8 Å². The molecule has 0 spiro atoms. The van der Waals surface area contributed by atoms with E-state index in [0.717, 1.165) is 6.07 Å². The summed E-state index contributed by atoms with van der Waals surface area (Å²) in [6.45, 7) is 7.63. The first kappa shape index (κ1) is 21.1. The normalized spacial score (nSPS) is 11.3. The van der Waals surface area contributed by atoms with Crippen molar-refractivity contribution in [2.24, 2.45) is 0 Å². The summed E-state index contributed by atoms with van der Waals surface area (Å²) in [5.74, 6) is -2.29. The fraction of sp³-hybridized carbons (Fsp3) is 0.444. The van der Waals surface area contributed by atoms with E-state index in [0.29, 0.717) is 6.54 Å². The molecule has 0 unspecified atom stereocenters. The van der Waals surface area contributed by atoms with Crippen molar-refractivity contribution in [3.05, 3.63) is 33.9 Å². The van der Waals surface area contributed by atoms with E-state index in [4.69, 9.17) is 9.84 Å². The molecule has 10 heteroatoms.